The van der Waals surface area contributed by atoms with E-state index in [1.54, 1.807) is 0 Å². The highest BCUT2D eigenvalue weighted by atomic mass is 16.5. The van der Waals surface area contributed by atoms with Gasteiger partial charge in [-0.05, 0) is 77.5 Å². The smallest absolute Gasteiger partial charge is 0.0710 e. The number of nitrogens with one attached hydrogen (secondary N) is 1. The third-order valence-corrected chi connectivity index (χ3v) is 6.07. The molecule has 2 heterocycles. The lowest BCUT2D eigenvalue weighted by Gasteiger charge is -2.36. The zero-order valence-electron chi connectivity index (χ0n) is 13.9. The summed E-state index contributed by atoms with van der Waals surface area (Å²) in [7, 11) is 2.06. The predicted octanol–water partition coefficient (Wildman–Crippen LogP) is 3.19. The monoisotopic (exact) mass is 294 g/mol. The Balaban J connectivity index is 1.38. The molecule has 1 aliphatic carbocycles. The van der Waals surface area contributed by atoms with E-state index in [2.05, 4.69) is 17.3 Å². The number of nitrogens with zero attached hydrogens (tertiary/aromatic N) is 1. The predicted molar refractivity (Wildman–Crippen MR) is 87.6 cm³/mol. The van der Waals surface area contributed by atoms with Gasteiger partial charge in [0, 0.05) is 6.54 Å². The van der Waals surface area contributed by atoms with Crippen molar-refractivity contribution in [1.29, 1.82) is 0 Å². The molecule has 0 radical (unpaired) electrons. The molecule has 1 saturated carbocycles. The third-order valence-electron chi connectivity index (χ3n) is 6.07. The van der Waals surface area contributed by atoms with E-state index < -0.39 is 0 Å². The van der Waals surface area contributed by atoms with Crippen molar-refractivity contribution in [3.8, 4) is 0 Å². The Hall–Kier alpha value is -0.120. The minimum absolute atomic E-state index is 0.300. The summed E-state index contributed by atoms with van der Waals surface area (Å²) in [6, 6.07) is 0. The van der Waals surface area contributed by atoms with Crippen LogP contribution in [0.5, 0.6) is 0 Å². The maximum Gasteiger partial charge on any atom is 0.0710 e. The molecule has 2 saturated heterocycles. The standard InChI is InChI=1S/C18H34N2O/c1-19-12-6-16-7-13-20(14-8-16)15-17-5-11-18(21-17)9-3-2-4-10-18/h16-17,19H,2-15H2,1H3. The van der Waals surface area contributed by atoms with Crippen molar-refractivity contribution in [2.24, 2.45) is 5.92 Å². The summed E-state index contributed by atoms with van der Waals surface area (Å²) in [6.45, 7) is 4.96. The average Bonchev–Trinajstić information content (AvgIpc) is 2.89. The van der Waals surface area contributed by atoms with Crippen molar-refractivity contribution in [3.05, 3.63) is 0 Å². The Labute approximate surface area is 130 Å². The van der Waals surface area contributed by atoms with Gasteiger partial charge < -0.3 is 15.0 Å². The van der Waals surface area contributed by atoms with Crippen LogP contribution in [0.25, 0.3) is 0 Å². The van der Waals surface area contributed by atoms with E-state index in [0.29, 0.717) is 11.7 Å². The topological polar surface area (TPSA) is 24.5 Å². The average molecular weight is 294 g/mol. The lowest BCUT2D eigenvalue weighted by Crippen LogP contribution is -2.40. The summed E-state index contributed by atoms with van der Waals surface area (Å²) >= 11 is 0. The largest absolute Gasteiger partial charge is 0.370 e. The van der Waals surface area contributed by atoms with Crippen molar-refractivity contribution in [2.75, 3.05) is 33.2 Å². The number of hydrogen-bond acceptors (Lipinski definition) is 3. The lowest BCUT2D eigenvalue weighted by atomic mass is 9.83. The van der Waals surface area contributed by atoms with Crippen LogP contribution in [0.15, 0.2) is 0 Å². The van der Waals surface area contributed by atoms with Crippen LogP contribution in [0.2, 0.25) is 0 Å². The van der Waals surface area contributed by atoms with Gasteiger partial charge in [0.2, 0.25) is 0 Å². The third kappa shape index (κ3) is 4.20. The molecule has 2 aliphatic heterocycles. The SMILES string of the molecule is CNCCC1CCN(CC2CCC3(CCCCC3)O2)CC1. The second-order valence-corrected chi connectivity index (χ2v) is 7.66. The fraction of sp³-hybridized carbons (Fsp3) is 1.00. The number of likely N-dealkylation sites (tertiary alicyclic amines) is 1. The molecule has 1 unspecified atom stereocenters. The van der Waals surface area contributed by atoms with Gasteiger partial charge in [-0.25, -0.2) is 0 Å². The summed E-state index contributed by atoms with van der Waals surface area (Å²) in [6.07, 6.45) is 14.2. The van der Waals surface area contributed by atoms with Crippen molar-refractivity contribution < 1.29 is 4.74 Å². The molecule has 0 aromatic carbocycles. The van der Waals surface area contributed by atoms with Crippen molar-refractivity contribution in [2.45, 2.75) is 75.9 Å². The summed E-state index contributed by atoms with van der Waals surface area (Å²) in [5.74, 6) is 0.947. The first-order valence-electron chi connectivity index (χ1n) is 9.34. The van der Waals surface area contributed by atoms with Crippen molar-refractivity contribution in [3.63, 3.8) is 0 Å². The Morgan fingerprint density at radius 1 is 1.05 bits per heavy atom. The van der Waals surface area contributed by atoms with Crippen molar-refractivity contribution >= 4 is 0 Å². The van der Waals surface area contributed by atoms with Crippen LogP contribution < -0.4 is 5.32 Å². The zero-order chi connectivity index (χ0) is 14.5. The van der Waals surface area contributed by atoms with Crippen LogP contribution in [0, 0.1) is 5.92 Å². The van der Waals surface area contributed by atoms with Gasteiger partial charge in [0.1, 0.15) is 0 Å². The second-order valence-electron chi connectivity index (χ2n) is 7.66. The number of ether oxygens (including phenoxy) is 1. The first-order valence-corrected chi connectivity index (χ1v) is 9.34. The molecule has 3 nitrogen and oxygen atoms in total. The van der Waals surface area contributed by atoms with E-state index in [9.17, 15) is 0 Å². The molecule has 3 rings (SSSR count). The molecule has 3 heteroatoms. The molecule has 21 heavy (non-hydrogen) atoms. The van der Waals surface area contributed by atoms with Crippen LogP contribution >= 0.6 is 0 Å². The van der Waals surface area contributed by atoms with Gasteiger partial charge in [0.05, 0.1) is 11.7 Å². The van der Waals surface area contributed by atoms with Gasteiger partial charge in [0.15, 0.2) is 0 Å². The molecule has 3 fully saturated rings. The van der Waals surface area contributed by atoms with Gasteiger partial charge in [-0.1, -0.05) is 19.3 Å². The van der Waals surface area contributed by atoms with E-state index in [1.165, 1.54) is 90.4 Å². The van der Waals surface area contributed by atoms with E-state index in [0.717, 1.165) is 5.92 Å². The van der Waals surface area contributed by atoms with Crippen LogP contribution in [-0.2, 0) is 4.74 Å². The highest BCUT2D eigenvalue weighted by molar-refractivity contribution is 4.92. The number of piperidine rings is 1. The zero-order valence-corrected chi connectivity index (χ0v) is 13.9. The molecule has 1 spiro atoms. The maximum absolute atomic E-state index is 6.53. The minimum Gasteiger partial charge on any atom is -0.370 e. The van der Waals surface area contributed by atoms with Crippen LogP contribution in [-0.4, -0.2) is 49.8 Å². The quantitative estimate of drug-likeness (QED) is 0.843. The summed E-state index contributed by atoms with van der Waals surface area (Å²) in [5.41, 5.74) is 0.300. The minimum atomic E-state index is 0.300. The summed E-state index contributed by atoms with van der Waals surface area (Å²) in [4.78, 5) is 2.67. The fourth-order valence-corrected chi connectivity index (χ4v) is 4.68. The van der Waals surface area contributed by atoms with Crippen molar-refractivity contribution in [1.82, 2.24) is 10.2 Å². The van der Waals surface area contributed by atoms with Gasteiger partial charge in [-0.2, -0.15) is 0 Å². The Bertz CT molecular complexity index is 306. The molecule has 3 aliphatic rings. The fourth-order valence-electron chi connectivity index (χ4n) is 4.68. The Morgan fingerprint density at radius 3 is 2.52 bits per heavy atom. The summed E-state index contributed by atoms with van der Waals surface area (Å²) in [5, 5.41) is 3.28. The van der Waals surface area contributed by atoms with Gasteiger partial charge >= 0.3 is 0 Å². The van der Waals surface area contributed by atoms with E-state index >= 15 is 0 Å². The normalized spacial score (nSPS) is 31.0. The van der Waals surface area contributed by atoms with Crippen LogP contribution in [0.4, 0.5) is 0 Å². The molecule has 0 aromatic heterocycles. The highest BCUT2D eigenvalue weighted by Gasteiger charge is 2.41. The van der Waals surface area contributed by atoms with Crippen LogP contribution in [0.3, 0.4) is 0 Å². The molecule has 0 amide bonds. The molecule has 122 valence electrons. The van der Waals surface area contributed by atoms with E-state index in [-0.39, 0.29) is 0 Å². The Kier molecular flexibility index (Phi) is 5.58. The van der Waals surface area contributed by atoms with Crippen LogP contribution in [0.1, 0.15) is 64.2 Å². The summed E-state index contributed by atoms with van der Waals surface area (Å²) < 4.78 is 6.53. The van der Waals surface area contributed by atoms with E-state index in [4.69, 9.17) is 4.74 Å². The molecule has 1 N–H and O–H groups in total. The van der Waals surface area contributed by atoms with Gasteiger partial charge in [-0.3, -0.25) is 0 Å². The molecule has 0 aromatic rings. The second kappa shape index (κ2) is 7.43. The number of hydrogen-bond donors (Lipinski definition) is 1. The Morgan fingerprint density at radius 2 is 1.81 bits per heavy atom. The first-order chi connectivity index (χ1) is 10.3. The molecule has 1 atom stereocenters. The lowest BCUT2D eigenvalue weighted by molar-refractivity contribution is -0.0736. The van der Waals surface area contributed by atoms with Gasteiger partial charge in [0.25, 0.3) is 0 Å². The molecule has 0 bridgehead atoms. The highest BCUT2D eigenvalue weighted by Crippen LogP contribution is 2.42. The molecular formula is C18H34N2O. The van der Waals surface area contributed by atoms with E-state index in [1.807, 2.05) is 0 Å². The first kappa shape index (κ1) is 15.8. The van der Waals surface area contributed by atoms with Gasteiger partial charge in [-0.15, -0.1) is 0 Å². The molecular weight excluding hydrogens is 260 g/mol. The maximum atomic E-state index is 6.53. The number of rotatable bonds is 5.